The number of benzene rings is 2. The lowest BCUT2D eigenvalue weighted by molar-refractivity contribution is -0.124. The van der Waals surface area contributed by atoms with Crippen molar-refractivity contribution in [3.8, 4) is 5.75 Å². The van der Waals surface area contributed by atoms with Crippen LogP contribution in [0.4, 0.5) is 11.4 Å². The zero-order valence-electron chi connectivity index (χ0n) is 15.0. The van der Waals surface area contributed by atoms with Crippen molar-refractivity contribution < 1.29 is 19.1 Å². The Kier molecular flexibility index (Phi) is 5.07. The Morgan fingerprint density at radius 1 is 1.19 bits per heavy atom. The summed E-state index contributed by atoms with van der Waals surface area (Å²) in [6, 6.07) is 15.4. The standard InChI is InChI=1S/C21H22N2O4/c24-20-14-27-18-9-8-16(22-21(25)19-7-4-12-26-19)13-17(18)23(20)11-10-15-5-2-1-3-6-15/h1-3,5-6,8-9,13,19H,4,7,10-12,14H2,(H,22,25). The van der Waals surface area contributed by atoms with Crippen molar-refractivity contribution in [3.63, 3.8) is 0 Å². The Morgan fingerprint density at radius 2 is 2.04 bits per heavy atom. The number of anilines is 2. The molecule has 0 bridgehead atoms. The third-order valence-electron chi connectivity index (χ3n) is 4.86. The smallest absolute Gasteiger partial charge is 0.265 e. The van der Waals surface area contributed by atoms with Gasteiger partial charge in [0.1, 0.15) is 11.9 Å². The summed E-state index contributed by atoms with van der Waals surface area (Å²) in [4.78, 5) is 26.4. The van der Waals surface area contributed by atoms with E-state index in [2.05, 4.69) is 5.32 Å². The van der Waals surface area contributed by atoms with Gasteiger partial charge in [0.2, 0.25) is 0 Å². The molecule has 0 saturated carbocycles. The molecule has 1 fully saturated rings. The summed E-state index contributed by atoms with van der Waals surface area (Å²) >= 11 is 0. The van der Waals surface area contributed by atoms with Crippen LogP contribution in [0.5, 0.6) is 5.75 Å². The fraction of sp³-hybridized carbons (Fsp3) is 0.333. The van der Waals surface area contributed by atoms with Gasteiger partial charge in [-0.25, -0.2) is 0 Å². The van der Waals surface area contributed by atoms with E-state index in [1.165, 1.54) is 5.56 Å². The number of amides is 2. The van der Waals surface area contributed by atoms with Gasteiger partial charge >= 0.3 is 0 Å². The van der Waals surface area contributed by atoms with Gasteiger partial charge in [0.25, 0.3) is 11.8 Å². The van der Waals surface area contributed by atoms with Crippen molar-refractivity contribution in [2.24, 2.45) is 0 Å². The monoisotopic (exact) mass is 366 g/mol. The first-order chi connectivity index (χ1) is 13.2. The number of fused-ring (bicyclic) bond motifs is 1. The quantitative estimate of drug-likeness (QED) is 0.884. The van der Waals surface area contributed by atoms with Crippen LogP contribution in [0.1, 0.15) is 18.4 Å². The van der Waals surface area contributed by atoms with E-state index in [4.69, 9.17) is 9.47 Å². The first-order valence-electron chi connectivity index (χ1n) is 9.24. The lowest BCUT2D eigenvalue weighted by Gasteiger charge is -2.30. The highest BCUT2D eigenvalue weighted by Gasteiger charge is 2.27. The highest BCUT2D eigenvalue weighted by atomic mass is 16.5. The van der Waals surface area contributed by atoms with E-state index in [9.17, 15) is 9.59 Å². The van der Waals surface area contributed by atoms with Crippen molar-refractivity contribution in [3.05, 3.63) is 54.1 Å². The number of hydrogen-bond donors (Lipinski definition) is 1. The maximum atomic E-state index is 12.4. The minimum absolute atomic E-state index is 0.0312. The van der Waals surface area contributed by atoms with Gasteiger partial charge in [-0.3, -0.25) is 9.59 Å². The molecule has 1 atom stereocenters. The summed E-state index contributed by atoms with van der Waals surface area (Å²) in [6.45, 7) is 1.21. The van der Waals surface area contributed by atoms with Gasteiger partial charge in [-0.1, -0.05) is 30.3 Å². The van der Waals surface area contributed by atoms with Crippen LogP contribution in [0.3, 0.4) is 0 Å². The zero-order chi connectivity index (χ0) is 18.6. The topological polar surface area (TPSA) is 67.9 Å². The maximum absolute atomic E-state index is 12.4. The number of carbonyl (C=O) groups is 2. The van der Waals surface area contributed by atoms with Crippen molar-refractivity contribution in [1.29, 1.82) is 0 Å². The van der Waals surface area contributed by atoms with Crippen LogP contribution in [0.25, 0.3) is 0 Å². The number of nitrogens with one attached hydrogen (secondary N) is 1. The molecule has 2 amide bonds. The third-order valence-corrected chi connectivity index (χ3v) is 4.86. The molecule has 1 N–H and O–H groups in total. The van der Waals surface area contributed by atoms with Crippen molar-refractivity contribution in [2.75, 3.05) is 30.0 Å². The van der Waals surface area contributed by atoms with Gasteiger partial charge in [-0.15, -0.1) is 0 Å². The molecule has 1 unspecified atom stereocenters. The molecule has 1 saturated heterocycles. The Balaban J connectivity index is 1.51. The van der Waals surface area contributed by atoms with Crippen LogP contribution in [0.2, 0.25) is 0 Å². The molecule has 2 aromatic rings. The average Bonchev–Trinajstić information content (AvgIpc) is 3.23. The second-order valence-electron chi connectivity index (χ2n) is 6.74. The molecule has 2 aliphatic rings. The number of hydrogen-bond acceptors (Lipinski definition) is 4. The molecule has 4 rings (SSSR count). The van der Waals surface area contributed by atoms with Gasteiger partial charge in [-0.2, -0.15) is 0 Å². The number of rotatable bonds is 5. The first kappa shape index (κ1) is 17.5. The molecule has 27 heavy (non-hydrogen) atoms. The van der Waals surface area contributed by atoms with Crippen molar-refractivity contribution in [2.45, 2.75) is 25.4 Å². The molecule has 6 nitrogen and oxygen atoms in total. The Bertz CT molecular complexity index is 831. The minimum Gasteiger partial charge on any atom is -0.482 e. The fourth-order valence-electron chi connectivity index (χ4n) is 3.42. The molecule has 2 aliphatic heterocycles. The predicted molar refractivity (Wildman–Crippen MR) is 102 cm³/mol. The van der Waals surface area contributed by atoms with Crippen molar-refractivity contribution >= 4 is 23.2 Å². The van der Waals surface area contributed by atoms with E-state index in [0.717, 1.165) is 19.3 Å². The fourth-order valence-corrected chi connectivity index (χ4v) is 3.42. The molecular weight excluding hydrogens is 344 g/mol. The van der Waals surface area contributed by atoms with Crippen LogP contribution in [0.15, 0.2) is 48.5 Å². The molecule has 0 aliphatic carbocycles. The largest absolute Gasteiger partial charge is 0.482 e. The molecule has 0 radical (unpaired) electrons. The molecule has 0 spiro atoms. The Morgan fingerprint density at radius 3 is 2.81 bits per heavy atom. The number of nitrogens with zero attached hydrogens (tertiary/aromatic N) is 1. The molecule has 2 aromatic carbocycles. The summed E-state index contributed by atoms with van der Waals surface area (Å²) in [6.07, 6.45) is 1.99. The van der Waals surface area contributed by atoms with Gasteiger partial charge in [-0.05, 0) is 43.0 Å². The molecule has 0 aromatic heterocycles. The highest BCUT2D eigenvalue weighted by Crippen LogP contribution is 2.35. The van der Waals surface area contributed by atoms with E-state index in [-0.39, 0.29) is 18.4 Å². The van der Waals surface area contributed by atoms with E-state index < -0.39 is 6.10 Å². The van der Waals surface area contributed by atoms with E-state index >= 15 is 0 Å². The van der Waals surface area contributed by atoms with Crippen LogP contribution >= 0.6 is 0 Å². The second-order valence-corrected chi connectivity index (χ2v) is 6.74. The van der Waals surface area contributed by atoms with E-state index in [1.54, 1.807) is 23.1 Å². The third kappa shape index (κ3) is 3.95. The maximum Gasteiger partial charge on any atom is 0.265 e. The number of carbonyl (C=O) groups excluding carboxylic acids is 2. The Hall–Kier alpha value is -2.86. The lowest BCUT2D eigenvalue weighted by Crippen LogP contribution is -2.40. The number of ether oxygens (including phenoxy) is 2. The molecule has 6 heteroatoms. The highest BCUT2D eigenvalue weighted by molar-refractivity contribution is 6.00. The van der Waals surface area contributed by atoms with Crippen LogP contribution in [-0.2, 0) is 20.7 Å². The predicted octanol–water partition coefficient (Wildman–Crippen LogP) is 2.77. The van der Waals surface area contributed by atoms with Crippen molar-refractivity contribution in [1.82, 2.24) is 0 Å². The molecular formula is C21H22N2O4. The second kappa shape index (κ2) is 7.80. The Labute approximate surface area is 158 Å². The summed E-state index contributed by atoms with van der Waals surface area (Å²) in [7, 11) is 0. The van der Waals surface area contributed by atoms with E-state index in [0.29, 0.717) is 30.3 Å². The summed E-state index contributed by atoms with van der Waals surface area (Å²) in [5.41, 5.74) is 2.49. The van der Waals surface area contributed by atoms with Crippen LogP contribution in [0, 0.1) is 0 Å². The zero-order valence-corrected chi connectivity index (χ0v) is 15.0. The SMILES string of the molecule is O=C(Nc1ccc2c(c1)N(CCc1ccccc1)C(=O)CO2)C1CCCO1. The first-order valence-corrected chi connectivity index (χ1v) is 9.24. The average molecular weight is 366 g/mol. The van der Waals surface area contributed by atoms with Gasteiger partial charge < -0.3 is 19.7 Å². The van der Waals surface area contributed by atoms with Gasteiger partial charge in [0.15, 0.2) is 6.61 Å². The van der Waals surface area contributed by atoms with E-state index in [1.807, 2.05) is 30.3 Å². The molecule has 2 heterocycles. The minimum atomic E-state index is -0.395. The summed E-state index contributed by atoms with van der Waals surface area (Å²) in [5.74, 6) is 0.421. The van der Waals surface area contributed by atoms with Gasteiger partial charge in [0.05, 0.1) is 5.69 Å². The van der Waals surface area contributed by atoms with Crippen LogP contribution in [-0.4, -0.2) is 37.7 Å². The molecule has 140 valence electrons. The van der Waals surface area contributed by atoms with Gasteiger partial charge in [0, 0.05) is 18.8 Å². The summed E-state index contributed by atoms with van der Waals surface area (Å²) in [5, 5.41) is 2.89. The normalized spacial score (nSPS) is 18.7. The lowest BCUT2D eigenvalue weighted by atomic mass is 10.1. The van der Waals surface area contributed by atoms with Crippen LogP contribution < -0.4 is 15.0 Å². The summed E-state index contributed by atoms with van der Waals surface area (Å²) < 4.78 is 11.0.